The maximum absolute atomic E-state index is 12.3. The molecule has 1 aromatic carbocycles. The van der Waals surface area contributed by atoms with Crippen molar-refractivity contribution in [2.24, 2.45) is 5.10 Å². The largest absolute Gasteiger partial charge is 0.462 e. The van der Waals surface area contributed by atoms with E-state index in [4.69, 9.17) is 27.9 Å². The maximum atomic E-state index is 12.3. The van der Waals surface area contributed by atoms with Crippen molar-refractivity contribution in [3.05, 3.63) is 49.8 Å². The summed E-state index contributed by atoms with van der Waals surface area (Å²) in [7, 11) is 0. The number of hydrazone groups is 1. The van der Waals surface area contributed by atoms with E-state index < -0.39 is 17.8 Å². The van der Waals surface area contributed by atoms with E-state index in [-0.39, 0.29) is 6.61 Å². The number of rotatable bonds is 5. The summed E-state index contributed by atoms with van der Waals surface area (Å²) in [5.74, 6) is -2.44. The van der Waals surface area contributed by atoms with E-state index in [0.29, 0.717) is 26.2 Å². The van der Waals surface area contributed by atoms with Crippen LogP contribution in [0.15, 0.2) is 23.3 Å². The Bertz CT molecular complexity index is 983. The van der Waals surface area contributed by atoms with Crippen LogP contribution < -0.4 is 10.7 Å². The van der Waals surface area contributed by atoms with Crippen molar-refractivity contribution in [1.82, 2.24) is 5.43 Å². The van der Waals surface area contributed by atoms with Crippen LogP contribution in [0.2, 0.25) is 10.0 Å². The van der Waals surface area contributed by atoms with Gasteiger partial charge in [0.1, 0.15) is 5.00 Å². The molecule has 0 atom stereocenters. The van der Waals surface area contributed by atoms with Gasteiger partial charge >= 0.3 is 17.8 Å². The summed E-state index contributed by atoms with van der Waals surface area (Å²) < 4.78 is 5.10. The molecule has 0 saturated heterocycles. The number of anilines is 1. The minimum Gasteiger partial charge on any atom is -0.462 e. The van der Waals surface area contributed by atoms with Crippen LogP contribution in [0.3, 0.4) is 0 Å². The number of esters is 1. The molecule has 0 radical (unpaired) electrons. The smallest absolute Gasteiger partial charge is 0.341 e. The highest BCUT2D eigenvalue weighted by atomic mass is 35.5. The number of fused-ring (bicyclic) bond motifs is 1. The van der Waals surface area contributed by atoms with Crippen LogP contribution in [0.5, 0.6) is 0 Å². The number of ether oxygens (including phenoxy) is 1. The molecular weight excluding hydrogens is 437 g/mol. The number of carbonyl (C=O) groups is 3. The Kier molecular flexibility index (Phi) is 6.89. The first-order chi connectivity index (χ1) is 13.9. The summed E-state index contributed by atoms with van der Waals surface area (Å²) in [4.78, 5) is 37.7. The van der Waals surface area contributed by atoms with Gasteiger partial charge in [0.2, 0.25) is 0 Å². The molecule has 0 bridgehead atoms. The maximum Gasteiger partial charge on any atom is 0.341 e. The Hall–Kier alpha value is -2.42. The molecule has 1 aliphatic rings. The summed E-state index contributed by atoms with van der Waals surface area (Å²) in [5, 5.41) is 7.23. The first-order valence-electron chi connectivity index (χ1n) is 8.82. The van der Waals surface area contributed by atoms with Crippen molar-refractivity contribution in [2.45, 2.75) is 26.2 Å². The third kappa shape index (κ3) is 4.77. The van der Waals surface area contributed by atoms with E-state index in [1.807, 2.05) is 0 Å². The summed E-state index contributed by atoms with van der Waals surface area (Å²) in [5.41, 5.74) is 3.75. The normalized spacial score (nSPS) is 12.7. The van der Waals surface area contributed by atoms with Gasteiger partial charge in [0.05, 0.1) is 28.4 Å². The number of benzene rings is 1. The molecule has 2 amide bonds. The number of thiophene rings is 1. The van der Waals surface area contributed by atoms with Gasteiger partial charge in [-0.15, -0.1) is 11.3 Å². The van der Waals surface area contributed by atoms with Gasteiger partial charge < -0.3 is 10.1 Å². The predicted octanol–water partition coefficient (Wildman–Crippen LogP) is 3.81. The second-order valence-corrected chi connectivity index (χ2v) is 7.99. The van der Waals surface area contributed by atoms with Gasteiger partial charge in [-0.3, -0.25) is 9.59 Å². The fourth-order valence-corrected chi connectivity index (χ4v) is 4.68. The molecule has 0 aliphatic heterocycles. The number of hydrogen-bond acceptors (Lipinski definition) is 6. The lowest BCUT2D eigenvalue weighted by atomic mass is 10.1. The molecule has 2 aromatic rings. The van der Waals surface area contributed by atoms with E-state index in [0.717, 1.165) is 29.7 Å². The van der Waals surface area contributed by atoms with Crippen molar-refractivity contribution < 1.29 is 19.1 Å². The van der Waals surface area contributed by atoms with Crippen molar-refractivity contribution in [3.63, 3.8) is 0 Å². The molecule has 1 heterocycles. The molecule has 10 heteroatoms. The number of hydrogen-bond donors (Lipinski definition) is 2. The molecule has 0 saturated carbocycles. The number of aryl methyl sites for hydroxylation is 1. The predicted molar refractivity (Wildman–Crippen MR) is 113 cm³/mol. The SMILES string of the molecule is CCOC(=O)c1c(NC(=O)C(=O)N/N=C/c2c(Cl)cccc2Cl)sc2c1CCC2. The summed E-state index contributed by atoms with van der Waals surface area (Å²) >= 11 is 13.3. The van der Waals surface area contributed by atoms with Crippen LogP contribution in [0.4, 0.5) is 5.00 Å². The lowest BCUT2D eigenvalue weighted by Gasteiger charge is -2.07. The fourth-order valence-electron chi connectivity index (χ4n) is 2.91. The van der Waals surface area contributed by atoms with E-state index >= 15 is 0 Å². The van der Waals surface area contributed by atoms with Gasteiger partial charge in [0.25, 0.3) is 0 Å². The van der Waals surface area contributed by atoms with Crippen LogP contribution >= 0.6 is 34.5 Å². The van der Waals surface area contributed by atoms with Gasteiger partial charge in [-0.2, -0.15) is 5.10 Å². The van der Waals surface area contributed by atoms with E-state index in [9.17, 15) is 14.4 Å². The third-order valence-electron chi connectivity index (χ3n) is 4.19. The minimum absolute atomic E-state index is 0.219. The summed E-state index contributed by atoms with van der Waals surface area (Å²) in [6.45, 7) is 1.93. The van der Waals surface area contributed by atoms with Gasteiger partial charge in [0, 0.05) is 10.4 Å². The van der Waals surface area contributed by atoms with Gasteiger partial charge in [-0.05, 0) is 43.9 Å². The molecule has 3 rings (SSSR count). The first kappa shape index (κ1) is 21.3. The number of halogens is 2. The van der Waals surface area contributed by atoms with Crippen LogP contribution in [0.25, 0.3) is 0 Å². The van der Waals surface area contributed by atoms with Gasteiger partial charge in [-0.1, -0.05) is 29.3 Å². The number of amides is 2. The van der Waals surface area contributed by atoms with Crippen molar-refractivity contribution >= 4 is 63.5 Å². The summed E-state index contributed by atoms with van der Waals surface area (Å²) in [6, 6.07) is 4.92. The molecule has 1 aromatic heterocycles. The number of nitrogens with zero attached hydrogens (tertiary/aromatic N) is 1. The highest BCUT2D eigenvalue weighted by molar-refractivity contribution is 7.17. The van der Waals surface area contributed by atoms with Crippen LogP contribution in [-0.4, -0.2) is 30.6 Å². The van der Waals surface area contributed by atoms with Crippen molar-refractivity contribution in [2.75, 3.05) is 11.9 Å². The zero-order valence-electron chi connectivity index (χ0n) is 15.4. The zero-order chi connectivity index (χ0) is 21.0. The fraction of sp³-hybridized carbons (Fsp3) is 0.263. The molecule has 0 fully saturated rings. The van der Waals surface area contributed by atoms with Crippen molar-refractivity contribution in [3.8, 4) is 0 Å². The molecule has 7 nitrogen and oxygen atoms in total. The monoisotopic (exact) mass is 453 g/mol. The molecule has 1 aliphatic carbocycles. The van der Waals surface area contributed by atoms with Crippen molar-refractivity contribution in [1.29, 1.82) is 0 Å². The third-order valence-corrected chi connectivity index (χ3v) is 6.06. The van der Waals surface area contributed by atoms with Crippen LogP contribution in [0.1, 0.15) is 39.7 Å². The quantitative estimate of drug-likeness (QED) is 0.311. The average Bonchev–Trinajstić information content (AvgIpc) is 3.24. The van der Waals surface area contributed by atoms with Gasteiger partial charge in [-0.25, -0.2) is 10.2 Å². The number of nitrogens with one attached hydrogen (secondary N) is 2. The minimum atomic E-state index is -0.993. The van der Waals surface area contributed by atoms with Crippen LogP contribution in [-0.2, 0) is 27.2 Å². The molecule has 0 spiro atoms. The highest BCUT2D eigenvalue weighted by Crippen LogP contribution is 2.39. The van der Waals surface area contributed by atoms with E-state index in [1.165, 1.54) is 17.6 Å². The Morgan fingerprint density at radius 2 is 1.93 bits per heavy atom. The molecule has 0 unspecified atom stereocenters. The molecule has 152 valence electrons. The Balaban J connectivity index is 1.70. The second kappa shape index (κ2) is 9.39. The van der Waals surface area contributed by atoms with E-state index in [2.05, 4.69) is 15.8 Å². The second-order valence-electron chi connectivity index (χ2n) is 6.07. The molecular formula is C19H17Cl2N3O4S. The standard InChI is InChI=1S/C19H17Cl2N3O4S/c1-2-28-19(27)15-10-5-3-8-14(10)29-18(15)23-16(25)17(26)24-22-9-11-12(20)6-4-7-13(11)21/h4,6-7,9H,2-3,5,8H2,1H3,(H,23,25)(H,24,26)/b22-9+. The van der Waals surface area contributed by atoms with E-state index in [1.54, 1.807) is 25.1 Å². The Labute approximate surface area is 181 Å². The molecule has 29 heavy (non-hydrogen) atoms. The lowest BCUT2D eigenvalue weighted by molar-refractivity contribution is -0.136. The van der Waals surface area contributed by atoms with Gasteiger partial charge in [0.15, 0.2) is 0 Å². The Morgan fingerprint density at radius 3 is 2.62 bits per heavy atom. The average molecular weight is 454 g/mol. The highest BCUT2D eigenvalue weighted by Gasteiger charge is 2.29. The first-order valence-corrected chi connectivity index (χ1v) is 10.4. The summed E-state index contributed by atoms with van der Waals surface area (Å²) in [6.07, 6.45) is 3.77. The number of carbonyl (C=O) groups excluding carboxylic acids is 3. The van der Waals surface area contributed by atoms with Crippen LogP contribution in [0, 0.1) is 0 Å². The topological polar surface area (TPSA) is 96.9 Å². The Morgan fingerprint density at radius 1 is 1.21 bits per heavy atom. The molecule has 2 N–H and O–H groups in total. The zero-order valence-corrected chi connectivity index (χ0v) is 17.7. The lowest BCUT2D eigenvalue weighted by Crippen LogP contribution is -2.32.